The van der Waals surface area contributed by atoms with Gasteiger partial charge in [0.25, 0.3) is 0 Å². The summed E-state index contributed by atoms with van der Waals surface area (Å²) in [6.07, 6.45) is 5.50. The van der Waals surface area contributed by atoms with Crippen LogP contribution in [0, 0.1) is 0 Å². The second kappa shape index (κ2) is 7.45. The minimum Gasteiger partial charge on any atom is -0.497 e. The van der Waals surface area contributed by atoms with Crippen LogP contribution in [0.15, 0.2) is 42.7 Å². The molecule has 0 saturated heterocycles. The molecule has 126 valence electrons. The number of hydrogen-bond donors (Lipinski definition) is 1. The minimum atomic E-state index is 0.0991. The SMILES string of the molecule is COc1ccc2c(c1)CCCN2C(=O)CN[C@H](C)c1ccncc1. The summed E-state index contributed by atoms with van der Waals surface area (Å²) >= 11 is 0. The molecular formula is C19H23N3O2. The van der Waals surface area contributed by atoms with Crippen LogP contribution in [0.2, 0.25) is 0 Å². The first-order chi connectivity index (χ1) is 11.7. The van der Waals surface area contributed by atoms with E-state index in [9.17, 15) is 4.79 Å². The largest absolute Gasteiger partial charge is 0.497 e. The fraction of sp³-hybridized carbons (Fsp3) is 0.368. The van der Waals surface area contributed by atoms with Gasteiger partial charge in [-0.2, -0.15) is 0 Å². The van der Waals surface area contributed by atoms with Gasteiger partial charge in [-0.3, -0.25) is 9.78 Å². The number of methoxy groups -OCH3 is 1. The van der Waals surface area contributed by atoms with Gasteiger partial charge in [0, 0.05) is 30.7 Å². The van der Waals surface area contributed by atoms with Crippen LogP contribution >= 0.6 is 0 Å². The first-order valence-corrected chi connectivity index (χ1v) is 8.29. The number of fused-ring (bicyclic) bond motifs is 1. The molecule has 3 rings (SSSR count). The predicted octanol–water partition coefficient (Wildman–Crippen LogP) is 2.72. The number of hydrogen-bond acceptors (Lipinski definition) is 4. The Morgan fingerprint density at radius 3 is 2.88 bits per heavy atom. The lowest BCUT2D eigenvalue weighted by Gasteiger charge is -2.30. The Bertz CT molecular complexity index is 703. The van der Waals surface area contributed by atoms with Crippen molar-refractivity contribution in [3.63, 3.8) is 0 Å². The summed E-state index contributed by atoms with van der Waals surface area (Å²) in [6.45, 7) is 3.13. The van der Waals surface area contributed by atoms with E-state index < -0.39 is 0 Å². The number of carbonyl (C=O) groups excluding carboxylic acids is 1. The molecule has 0 fully saturated rings. The normalized spacial score (nSPS) is 14.8. The molecule has 1 aliphatic rings. The molecule has 0 aliphatic carbocycles. The highest BCUT2D eigenvalue weighted by molar-refractivity contribution is 5.96. The molecule has 0 spiro atoms. The monoisotopic (exact) mass is 325 g/mol. The van der Waals surface area contributed by atoms with E-state index in [2.05, 4.69) is 17.2 Å². The Labute approximate surface area is 142 Å². The number of aryl methyl sites for hydroxylation is 1. The van der Waals surface area contributed by atoms with E-state index in [0.29, 0.717) is 6.54 Å². The molecule has 5 nitrogen and oxygen atoms in total. The second-order valence-corrected chi connectivity index (χ2v) is 6.03. The Kier molecular flexibility index (Phi) is 5.11. The number of carbonyl (C=O) groups is 1. The zero-order valence-corrected chi connectivity index (χ0v) is 14.2. The number of ether oxygens (including phenoxy) is 1. The van der Waals surface area contributed by atoms with Crippen molar-refractivity contribution in [2.45, 2.75) is 25.8 Å². The van der Waals surface area contributed by atoms with Crippen molar-refractivity contribution in [3.8, 4) is 5.75 Å². The Balaban J connectivity index is 1.66. The first-order valence-electron chi connectivity index (χ1n) is 8.29. The number of anilines is 1. The number of rotatable bonds is 5. The Hall–Kier alpha value is -2.40. The van der Waals surface area contributed by atoms with Crippen molar-refractivity contribution in [3.05, 3.63) is 53.9 Å². The van der Waals surface area contributed by atoms with Crippen molar-refractivity contribution in [2.24, 2.45) is 0 Å². The topological polar surface area (TPSA) is 54.5 Å². The number of amides is 1. The lowest BCUT2D eigenvalue weighted by molar-refractivity contribution is -0.118. The van der Waals surface area contributed by atoms with Crippen molar-refractivity contribution >= 4 is 11.6 Å². The zero-order chi connectivity index (χ0) is 16.9. The van der Waals surface area contributed by atoms with E-state index in [4.69, 9.17) is 4.74 Å². The van der Waals surface area contributed by atoms with Gasteiger partial charge in [-0.05, 0) is 61.2 Å². The number of pyridine rings is 1. The summed E-state index contributed by atoms with van der Waals surface area (Å²) in [5.41, 5.74) is 3.31. The van der Waals surface area contributed by atoms with Gasteiger partial charge in [-0.1, -0.05) is 0 Å². The van der Waals surface area contributed by atoms with E-state index in [1.165, 1.54) is 5.56 Å². The summed E-state index contributed by atoms with van der Waals surface area (Å²) in [5.74, 6) is 0.939. The van der Waals surface area contributed by atoms with E-state index >= 15 is 0 Å². The fourth-order valence-electron chi connectivity index (χ4n) is 3.07. The average molecular weight is 325 g/mol. The molecule has 1 aromatic carbocycles. The van der Waals surface area contributed by atoms with E-state index in [-0.39, 0.29) is 11.9 Å². The van der Waals surface area contributed by atoms with Crippen LogP contribution in [0.5, 0.6) is 5.75 Å². The highest BCUT2D eigenvalue weighted by Gasteiger charge is 2.23. The highest BCUT2D eigenvalue weighted by Crippen LogP contribution is 2.30. The number of nitrogens with zero attached hydrogens (tertiary/aromatic N) is 2. The minimum absolute atomic E-state index is 0.0991. The van der Waals surface area contributed by atoms with Gasteiger partial charge in [0.05, 0.1) is 13.7 Å². The molecule has 1 amide bonds. The van der Waals surface area contributed by atoms with Gasteiger partial charge < -0.3 is 15.0 Å². The van der Waals surface area contributed by atoms with E-state index in [0.717, 1.165) is 36.4 Å². The molecular weight excluding hydrogens is 302 g/mol. The third-order valence-electron chi connectivity index (χ3n) is 4.47. The van der Waals surface area contributed by atoms with Crippen LogP contribution in [0.3, 0.4) is 0 Å². The maximum atomic E-state index is 12.7. The summed E-state index contributed by atoms with van der Waals surface area (Å²) in [7, 11) is 1.66. The lowest BCUT2D eigenvalue weighted by atomic mass is 10.0. The molecule has 0 bridgehead atoms. The van der Waals surface area contributed by atoms with E-state index in [1.54, 1.807) is 19.5 Å². The Morgan fingerprint density at radius 2 is 2.12 bits per heavy atom. The van der Waals surface area contributed by atoms with Crippen LogP contribution in [-0.2, 0) is 11.2 Å². The van der Waals surface area contributed by atoms with Crippen LogP contribution in [0.25, 0.3) is 0 Å². The van der Waals surface area contributed by atoms with Gasteiger partial charge in [-0.25, -0.2) is 0 Å². The van der Waals surface area contributed by atoms with Gasteiger partial charge in [0.1, 0.15) is 5.75 Å². The third-order valence-corrected chi connectivity index (χ3v) is 4.47. The van der Waals surface area contributed by atoms with E-state index in [1.807, 2.05) is 35.2 Å². The quantitative estimate of drug-likeness (QED) is 0.918. The van der Waals surface area contributed by atoms with Gasteiger partial charge in [0.2, 0.25) is 5.91 Å². The molecule has 0 saturated carbocycles. The molecule has 1 N–H and O–H groups in total. The highest BCUT2D eigenvalue weighted by atomic mass is 16.5. The summed E-state index contributed by atoms with van der Waals surface area (Å²) in [5, 5.41) is 3.31. The van der Waals surface area contributed by atoms with Crippen LogP contribution < -0.4 is 15.0 Å². The number of nitrogens with one attached hydrogen (secondary N) is 1. The molecule has 1 aromatic heterocycles. The molecule has 2 aromatic rings. The van der Waals surface area contributed by atoms with Gasteiger partial charge in [0.15, 0.2) is 0 Å². The average Bonchev–Trinajstić information content (AvgIpc) is 2.65. The van der Waals surface area contributed by atoms with Crippen LogP contribution in [0.1, 0.15) is 30.5 Å². The summed E-state index contributed by atoms with van der Waals surface area (Å²) < 4.78 is 5.28. The van der Waals surface area contributed by atoms with Crippen molar-refractivity contribution in [1.29, 1.82) is 0 Å². The van der Waals surface area contributed by atoms with Crippen LogP contribution in [0.4, 0.5) is 5.69 Å². The van der Waals surface area contributed by atoms with Crippen LogP contribution in [-0.4, -0.2) is 31.1 Å². The Morgan fingerprint density at radius 1 is 1.33 bits per heavy atom. The maximum Gasteiger partial charge on any atom is 0.240 e. The summed E-state index contributed by atoms with van der Waals surface area (Å²) in [4.78, 5) is 18.6. The van der Waals surface area contributed by atoms with Crippen molar-refractivity contribution in [1.82, 2.24) is 10.3 Å². The molecule has 1 aliphatic heterocycles. The molecule has 0 unspecified atom stereocenters. The first kappa shape index (κ1) is 16.5. The third kappa shape index (κ3) is 3.57. The molecule has 1 atom stereocenters. The summed E-state index contributed by atoms with van der Waals surface area (Å²) in [6, 6.07) is 9.96. The molecule has 0 radical (unpaired) electrons. The maximum absolute atomic E-state index is 12.7. The zero-order valence-electron chi connectivity index (χ0n) is 14.2. The number of benzene rings is 1. The predicted molar refractivity (Wildman–Crippen MR) is 94.3 cm³/mol. The van der Waals surface area contributed by atoms with Gasteiger partial charge in [-0.15, -0.1) is 0 Å². The van der Waals surface area contributed by atoms with Gasteiger partial charge >= 0.3 is 0 Å². The number of aromatic nitrogens is 1. The molecule has 2 heterocycles. The van der Waals surface area contributed by atoms with Crippen molar-refractivity contribution in [2.75, 3.05) is 25.1 Å². The molecule has 5 heteroatoms. The molecule has 24 heavy (non-hydrogen) atoms. The smallest absolute Gasteiger partial charge is 0.240 e. The fourth-order valence-corrected chi connectivity index (χ4v) is 3.07. The lowest BCUT2D eigenvalue weighted by Crippen LogP contribution is -2.41. The second-order valence-electron chi connectivity index (χ2n) is 6.03. The van der Waals surface area contributed by atoms with Crippen molar-refractivity contribution < 1.29 is 9.53 Å². The standard InChI is InChI=1S/C19H23N3O2/c1-14(15-7-9-20-10-8-15)21-13-19(23)22-11-3-4-16-12-17(24-2)5-6-18(16)22/h5-10,12,14,21H,3-4,11,13H2,1-2H3/t14-/m1/s1.